The maximum absolute atomic E-state index is 10.9. The molecule has 0 aromatic heterocycles. The van der Waals surface area contributed by atoms with Crippen molar-refractivity contribution in [3.63, 3.8) is 0 Å². The Kier molecular flexibility index (Phi) is 5.69. The minimum atomic E-state index is -0.753. The Morgan fingerprint density at radius 3 is 1.57 bits per heavy atom. The molecule has 0 rings (SSSR count). The van der Waals surface area contributed by atoms with E-state index in [0.29, 0.717) is 0 Å². The van der Waals surface area contributed by atoms with Gasteiger partial charge in [-0.25, -0.2) is 0 Å². The first-order valence-corrected chi connectivity index (χ1v) is 3.72. The summed E-state index contributed by atoms with van der Waals surface area (Å²) in [7, 11) is 0. The van der Waals surface area contributed by atoms with Crippen LogP contribution in [0.2, 0.25) is 0 Å². The van der Waals surface area contributed by atoms with Gasteiger partial charge in [-0.3, -0.25) is 14.4 Å². The van der Waals surface area contributed by atoms with E-state index in [9.17, 15) is 14.4 Å². The minimum Gasteiger partial charge on any atom is -0.435 e. The molecular formula is C9H10O5. The Balaban J connectivity index is 3.85. The smallest absolute Gasteiger partial charge is 0.318 e. The van der Waals surface area contributed by atoms with Crippen LogP contribution in [0.4, 0.5) is 0 Å². The second kappa shape index (κ2) is 6.59. The number of Topliss-reactive ketones (excluding diaryl/α,β-unsaturated/α-hetero) is 1. The molecule has 0 atom stereocenters. The fourth-order valence-electron chi connectivity index (χ4n) is 0.654. The molecule has 0 aliphatic heterocycles. The van der Waals surface area contributed by atoms with Crippen molar-refractivity contribution in [2.24, 2.45) is 0 Å². The molecule has 0 aliphatic rings. The van der Waals surface area contributed by atoms with Crippen molar-refractivity contribution in [3.8, 4) is 0 Å². The third-order valence-electron chi connectivity index (χ3n) is 1.11. The van der Waals surface area contributed by atoms with Gasteiger partial charge in [-0.15, -0.1) is 0 Å². The highest BCUT2D eigenvalue weighted by Gasteiger charge is 2.14. The Hall–Kier alpha value is -1.91. The van der Waals surface area contributed by atoms with E-state index in [2.05, 4.69) is 22.6 Å². The van der Waals surface area contributed by atoms with Crippen LogP contribution < -0.4 is 0 Å². The van der Waals surface area contributed by atoms with Gasteiger partial charge in [0.25, 0.3) is 0 Å². The van der Waals surface area contributed by atoms with Crippen LogP contribution in [0, 0.1) is 0 Å². The van der Waals surface area contributed by atoms with Crippen LogP contribution in [0.5, 0.6) is 0 Å². The van der Waals surface area contributed by atoms with E-state index in [4.69, 9.17) is 0 Å². The van der Waals surface area contributed by atoms with Gasteiger partial charge in [0, 0.05) is 0 Å². The van der Waals surface area contributed by atoms with Gasteiger partial charge >= 0.3 is 11.9 Å². The van der Waals surface area contributed by atoms with Gasteiger partial charge in [0.1, 0.15) is 12.8 Å². The molecule has 0 bridgehead atoms. The molecule has 0 fully saturated rings. The molecule has 5 nitrogen and oxygen atoms in total. The molecular weight excluding hydrogens is 188 g/mol. The number of rotatable bonds is 6. The van der Waals surface area contributed by atoms with Crippen molar-refractivity contribution in [2.75, 3.05) is 0 Å². The number of esters is 2. The van der Waals surface area contributed by atoms with Crippen molar-refractivity contribution in [1.82, 2.24) is 0 Å². The third kappa shape index (κ3) is 5.70. The molecule has 0 aliphatic carbocycles. The predicted octanol–water partition coefficient (Wildman–Crippen LogP) is 0.709. The summed E-state index contributed by atoms with van der Waals surface area (Å²) in [5.74, 6) is -2.09. The van der Waals surface area contributed by atoms with Gasteiger partial charge in [0.15, 0.2) is 5.78 Å². The van der Waals surface area contributed by atoms with Crippen LogP contribution in [0.3, 0.4) is 0 Å². The molecule has 0 spiro atoms. The summed E-state index contributed by atoms with van der Waals surface area (Å²) < 4.78 is 8.57. The number of hydrogen-bond donors (Lipinski definition) is 0. The molecule has 0 radical (unpaired) electrons. The van der Waals surface area contributed by atoms with E-state index >= 15 is 0 Å². The Bertz CT molecular complexity index is 240. The Morgan fingerprint density at radius 2 is 1.29 bits per heavy atom. The second-order valence-corrected chi connectivity index (χ2v) is 2.21. The van der Waals surface area contributed by atoms with Gasteiger partial charge in [0.05, 0.1) is 12.5 Å². The van der Waals surface area contributed by atoms with E-state index in [1.54, 1.807) is 0 Å². The zero-order valence-electron chi connectivity index (χ0n) is 7.52. The zero-order valence-corrected chi connectivity index (χ0v) is 7.52. The van der Waals surface area contributed by atoms with E-state index in [0.717, 1.165) is 12.5 Å². The van der Waals surface area contributed by atoms with Gasteiger partial charge < -0.3 is 9.47 Å². The van der Waals surface area contributed by atoms with E-state index in [-0.39, 0.29) is 0 Å². The van der Waals surface area contributed by atoms with E-state index < -0.39 is 30.6 Å². The predicted molar refractivity (Wildman–Crippen MR) is 46.8 cm³/mol. The molecule has 0 saturated carbocycles. The largest absolute Gasteiger partial charge is 0.435 e. The van der Waals surface area contributed by atoms with Crippen LogP contribution in [0.1, 0.15) is 12.8 Å². The first-order valence-electron chi connectivity index (χ1n) is 3.72. The average Bonchev–Trinajstić information content (AvgIpc) is 2.03. The number of hydrogen-bond acceptors (Lipinski definition) is 5. The fourth-order valence-corrected chi connectivity index (χ4v) is 0.654. The van der Waals surface area contributed by atoms with E-state index in [1.165, 1.54) is 0 Å². The van der Waals surface area contributed by atoms with Crippen LogP contribution in [-0.2, 0) is 23.9 Å². The quantitative estimate of drug-likeness (QED) is 0.357. The summed E-state index contributed by atoms with van der Waals surface area (Å²) in [4.78, 5) is 32.4. The summed E-state index contributed by atoms with van der Waals surface area (Å²) in [6, 6.07) is 0. The molecule has 76 valence electrons. The van der Waals surface area contributed by atoms with Crippen molar-refractivity contribution in [3.05, 3.63) is 25.7 Å². The Labute approximate surface area is 81.0 Å². The lowest BCUT2D eigenvalue weighted by atomic mass is 10.2. The average molecular weight is 198 g/mol. The number of ketones is 1. The van der Waals surface area contributed by atoms with Crippen molar-refractivity contribution >= 4 is 17.7 Å². The highest BCUT2D eigenvalue weighted by molar-refractivity contribution is 6.03. The van der Waals surface area contributed by atoms with Crippen molar-refractivity contribution in [1.29, 1.82) is 0 Å². The zero-order chi connectivity index (χ0) is 11.0. The molecule has 0 amide bonds. The SMILES string of the molecule is C=COC(=O)CC(=O)CC(=O)OC=C. The summed E-state index contributed by atoms with van der Waals surface area (Å²) in [6.45, 7) is 6.28. The minimum absolute atomic E-state index is 0.474. The maximum Gasteiger partial charge on any atom is 0.318 e. The summed E-state index contributed by atoms with van der Waals surface area (Å²) in [5, 5.41) is 0. The van der Waals surface area contributed by atoms with Gasteiger partial charge in [-0.2, -0.15) is 0 Å². The first kappa shape index (κ1) is 12.1. The molecule has 5 heteroatoms. The number of carbonyl (C=O) groups is 3. The highest BCUT2D eigenvalue weighted by Crippen LogP contribution is 1.96. The number of ether oxygens (including phenoxy) is 2. The van der Waals surface area contributed by atoms with E-state index in [1.807, 2.05) is 0 Å². The third-order valence-corrected chi connectivity index (χ3v) is 1.11. The molecule has 0 unspecified atom stereocenters. The maximum atomic E-state index is 10.9. The van der Waals surface area contributed by atoms with Crippen LogP contribution in [0.15, 0.2) is 25.7 Å². The normalized spacial score (nSPS) is 8.57. The standard InChI is InChI=1S/C9H10O5/c1-3-13-8(11)5-7(10)6-9(12)14-4-2/h3-4H,1-2,5-6H2. The van der Waals surface area contributed by atoms with Crippen LogP contribution >= 0.6 is 0 Å². The lowest BCUT2D eigenvalue weighted by molar-refractivity contribution is -0.144. The topological polar surface area (TPSA) is 69.7 Å². The van der Waals surface area contributed by atoms with Crippen molar-refractivity contribution < 1.29 is 23.9 Å². The molecule has 0 N–H and O–H groups in total. The van der Waals surface area contributed by atoms with Crippen LogP contribution in [0.25, 0.3) is 0 Å². The van der Waals surface area contributed by atoms with Crippen molar-refractivity contribution in [2.45, 2.75) is 12.8 Å². The highest BCUT2D eigenvalue weighted by atomic mass is 16.5. The molecule has 0 aromatic rings. The molecule has 14 heavy (non-hydrogen) atoms. The lowest BCUT2D eigenvalue weighted by Crippen LogP contribution is -2.13. The molecule has 0 aromatic carbocycles. The van der Waals surface area contributed by atoms with Gasteiger partial charge in [-0.05, 0) is 0 Å². The summed E-state index contributed by atoms with van der Waals surface area (Å²) in [5.41, 5.74) is 0. The lowest BCUT2D eigenvalue weighted by Gasteiger charge is -1.98. The van der Waals surface area contributed by atoms with Gasteiger partial charge in [-0.1, -0.05) is 13.2 Å². The van der Waals surface area contributed by atoms with Gasteiger partial charge in [0.2, 0.25) is 0 Å². The Morgan fingerprint density at radius 1 is 0.929 bits per heavy atom. The fraction of sp³-hybridized carbons (Fsp3) is 0.222. The number of carbonyl (C=O) groups excluding carboxylic acids is 3. The monoisotopic (exact) mass is 198 g/mol. The summed E-state index contributed by atoms with van der Waals surface area (Å²) in [6.07, 6.45) is 0.881. The molecule has 0 heterocycles. The summed E-state index contributed by atoms with van der Waals surface area (Å²) >= 11 is 0. The second-order valence-electron chi connectivity index (χ2n) is 2.21. The first-order chi connectivity index (χ1) is 6.60. The van der Waals surface area contributed by atoms with Crippen LogP contribution in [-0.4, -0.2) is 17.7 Å². The molecule has 0 saturated heterocycles.